The monoisotopic (exact) mass is 275 g/mol. The number of rotatable bonds is 3. The molecule has 0 N–H and O–H groups in total. The molecule has 0 radical (unpaired) electrons. The van der Waals surface area contributed by atoms with Gasteiger partial charge in [-0.05, 0) is 24.0 Å². The predicted octanol–water partition coefficient (Wildman–Crippen LogP) is 4.16. The Morgan fingerprint density at radius 3 is 2.57 bits per heavy atom. The number of Topliss-reactive ketones (excluding diaryl/α,β-unsaturated/α-hetero) is 1. The molecule has 2 heteroatoms. The summed E-state index contributed by atoms with van der Waals surface area (Å²) in [5.74, 6) is 0.844. The number of benzene rings is 2. The average Bonchev–Trinajstić information content (AvgIpc) is 3.27. The first-order valence-corrected chi connectivity index (χ1v) is 7.39. The van der Waals surface area contributed by atoms with E-state index in [0.717, 1.165) is 22.9 Å². The van der Waals surface area contributed by atoms with Crippen molar-refractivity contribution >= 4 is 16.7 Å². The van der Waals surface area contributed by atoms with Gasteiger partial charge in [0.1, 0.15) is 0 Å². The van der Waals surface area contributed by atoms with Crippen LogP contribution >= 0.6 is 0 Å². The summed E-state index contributed by atoms with van der Waals surface area (Å²) in [6.45, 7) is 0. The molecule has 1 saturated carbocycles. The average molecular weight is 275 g/mol. The lowest BCUT2D eigenvalue weighted by Crippen LogP contribution is -2.02. The topological polar surface area (TPSA) is 22.0 Å². The minimum Gasteiger partial charge on any atom is -0.350 e. The predicted molar refractivity (Wildman–Crippen MR) is 84.5 cm³/mol. The SMILES string of the molecule is Cn1cc(C(=O)C2CC2c2ccccc2)c2ccccc21. The first kappa shape index (κ1) is 12.4. The molecule has 0 bridgehead atoms. The largest absolute Gasteiger partial charge is 0.350 e. The third-order valence-corrected chi connectivity index (χ3v) is 4.52. The Morgan fingerprint density at radius 2 is 1.76 bits per heavy atom. The fourth-order valence-electron chi connectivity index (χ4n) is 3.29. The Morgan fingerprint density at radius 1 is 1.05 bits per heavy atom. The quantitative estimate of drug-likeness (QED) is 0.658. The number of aryl methyl sites for hydroxylation is 1. The molecular weight excluding hydrogens is 258 g/mol. The van der Waals surface area contributed by atoms with E-state index in [1.54, 1.807) is 0 Å². The number of carbonyl (C=O) groups is 1. The van der Waals surface area contributed by atoms with Crippen molar-refractivity contribution in [3.8, 4) is 0 Å². The van der Waals surface area contributed by atoms with Crippen LogP contribution < -0.4 is 0 Å². The van der Waals surface area contributed by atoms with Crippen LogP contribution in [0.4, 0.5) is 0 Å². The summed E-state index contributed by atoms with van der Waals surface area (Å²) in [7, 11) is 2.00. The molecule has 0 amide bonds. The van der Waals surface area contributed by atoms with Gasteiger partial charge in [0.15, 0.2) is 5.78 Å². The summed E-state index contributed by atoms with van der Waals surface area (Å²) in [5, 5.41) is 1.07. The zero-order valence-corrected chi connectivity index (χ0v) is 12.0. The number of aromatic nitrogens is 1. The van der Waals surface area contributed by atoms with Crippen molar-refractivity contribution in [3.63, 3.8) is 0 Å². The minimum absolute atomic E-state index is 0.151. The highest BCUT2D eigenvalue weighted by Gasteiger charge is 2.44. The van der Waals surface area contributed by atoms with Crippen molar-refractivity contribution in [2.24, 2.45) is 13.0 Å². The molecule has 1 aromatic heterocycles. The van der Waals surface area contributed by atoms with E-state index in [0.29, 0.717) is 11.7 Å². The molecule has 0 saturated heterocycles. The molecule has 2 unspecified atom stereocenters. The second-order valence-electron chi connectivity index (χ2n) is 5.89. The molecule has 2 aromatic carbocycles. The van der Waals surface area contributed by atoms with Crippen LogP contribution in [0.15, 0.2) is 60.8 Å². The number of nitrogens with zero attached hydrogens (tertiary/aromatic N) is 1. The molecule has 1 aliphatic rings. The van der Waals surface area contributed by atoms with Crippen molar-refractivity contribution in [2.75, 3.05) is 0 Å². The van der Waals surface area contributed by atoms with Gasteiger partial charge in [-0.1, -0.05) is 48.5 Å². The van der Waals surface area contributed by atoms with Crippen molar-refractivity contribution in [1.29, 1.82) is 0 Å². The summed E-state index contributed by atoms with van der Waals surface area (Å²) in [4.78, 5) is 12.8. The molecule has 0 spiro atoms. The molecule has 1 aliphatic carbocycles. The first-order valence-electron chi connectivity index (χ1n) is 7.39. The molecule has 2 atom stereocenters. The van der Waals surface area contributed by atoms with Crippen molar-refractivity contribution in [3.05, 3.63) is 71.9 Å². The van der Waals surface area contributed by atoms with E-state index in [2.05, 4.69) is 18.2 Å². The van der Waals surface area contributed by atoms with Gasteiger partial charge in [-0.25, -0.2) is 0 Å². The van der Waals surface area contributed by atoms with Gasteiger partial charge in [0, 0.05) is 35.6 Å². The van der Waals surface area contributed by atoms with Gasteiger partial charge in [-0.15, -0.1) is 0 Å². The Labute approximate surface area is 124 Å². The second-order valence-corrected chi connectivity index (χ2v) is 5.89. The Kier molecular flexibility index (Phi) is 2.71. The van der Waals surface area contributed by atoms with Crippen LogP contribution in [0.5, 0.6) is 0 Å². The van der Waals surface area contributed by atoms with E-state index in [9.17, 15) is 4.79 Å². The molecule has 21 heavy (non-hydrogen) atoms. The van der Waals surface area contributed by atoms with E-state index in [4.69, 9.17) is 0 Å². The maximum absolute atomic E-state index is 12.8. The van der Waals surface area contributed by atoms with Crippen LogP contribution in [0, 0.1) is 5.92 Å². The lowest BCUT2D eigenvalue weighted by molar-refractivity contribution is 0.0966. The number of carbonyl (C=O) groups excluding carboxylic acids is 1. The van der Waals surface area contributed by atoms with Crippen LogP contribution in [0.3, 0.4) is 0 Å². The fraction of sp³-hybridized carbons (Fsp3) is 0.211. The Hall–Kier alpha value is -2.35. The van der Waals surface area contributed by atoms with Gasteiger partial charge >= 0.3 is 0 Å². The van der Waals surface area contributed by atoms with Gasteiger partial charge < -0.3 is 4.57 Å². The summed E-state index contributed by atoms with van der Waals surface area (Å²) in [5.41, 5.74) is 3.28. The number of ketones is 1. The molecule has 2 nitrogen and oxygen atoms in total. The highest BCUT2D eigenvalue weighted by Crippen LogP contribution is 2.49. The highest BCUT2D eigenvalue weighted by atomic mass is 16.1. The standard InChI is InChI=1S/C19H17NO/c1-20-12-17(14-9-5-6-10-18(14)20)19(21)16-11-15(16)13-7-3-2-4-8-13/h2-10,12,15-16H,11H2,1H3. The van der Waals surface area contributed by atoms with Crippen LogP contribution in [-0.4, -0.2) is 10.4 Å². The van der Waals surface area contributed by atoms with E-state index in [1.807, 2.05) is 54.2 Å². The number of hydrogen-bond acceptors (Lipinski definition) is 1. The lowest BCUT2D eigenvalue weighted by atomic mass is 10.0. The maximum atomic E-state index is 12.8. The number of para-hydroxylation sites is 1. The van der Waals surface area contributed by atoms with E-state index >= 15 is 0 Å². The summed E-state index contributed by atoms with van der Waals surface area (Å²) in [6, 6.07) is 18.5. The number of hydrogen-bond donors (Lipinski definition) is 0. The molecule has 1 fully saturated rings. The first-order chi connectivity index (χ1) is 10.3. The lowest BCUT2D eigenvalue weighted by Gasteiger charge is -2.00. The zero-order chi connectivity index (χ0) is 14.4. The number of fused-ring (bicyclic) bond motifs is 1. The van der Waals surface area contributed by atoms with Crippen LogP contribution in [0.25, 0.3) is 10.9 Å². The second kappa shape index (κ2) is 4.59. The Bertz CT molecular complexity index is 816. The summed E-state index contributed by atoms with van der Waals surface area (Å²) < 4.78 is 2.04. The van der Waals surface area contributed by atoms with E-state index in [-0.39, 0.29) is 5.92 Å². The van der Waals surface area contributed by atoms with Crippen LogP contribution in [0.2, 0.25) is 0 Å². The summed E-state index contributed by atoms with van der Waals surface area (Å²) in [6.07, 6.45) is 2.96. The van der Waals surface area contributed by atoms with Gasteiger partial charge in [-0.2, -0.15) is 0 Å². The van der Waals surface area contributed by atoms with Crippen molar-refractivity contribution in [2.45, 2.75) is 12.3 Å². The van der Waals surface area contributed by atoms with Gasteiger partial charge in [0.05, 0.1) is 0 Å². The highest BCUT2D eigenvalue weighted by molar-refractivity contribution is 6.10. The van der Waals surface area contributed by atoms with Gasteiger partial charge in [0.25, 0.3) is 0 Å². The third kappa shape index (κ3) is 1.99. The summed E-state index contributed by atoms with van der Waals surface area (Å²) >= 11 is 0. The third-order valence-electron chi connectivity index (χ3n) is 4.52. The van der Waals surface area contributed by atoms with Crippen molar-refractivity contribution in [1.82, 2.24) is 4.57 Å². The normalized spacial score (nSPS) is 20.6. The van der Waals surface area contributed by atoms with Gasteiger partial charge in [-0.3, -0.25) is 4.79 Å². The molecule has 104 valence electrons. The van der Waals surface area contributed by atoms with E-state index < -0.39 is 0 Å². The van der Waals surface area contributed by atoms with Gasteiger partial charge in [0.2, 0.25) is 0 Å². The fourth-order valence-corrected chi connectivity index (χ4v) is 3.29. The molecule has 3 aromatic rings. The minimum atomic E-state index is 0.151. The molecular formula is C19H17NO. The molecule has 4 rings (SSSR count). The zero-order valence-electron chi connectivity index (χ0n) is 12.0. The molecule has 1 heterocycles. The van der Waals surface area contributed by atoms with Crippen molar-refractivity contribution < 1.29 is 4.79 Å². The van der Waals surface area contributed by atoms with Crippen LogP contribution in [0.1, 0.15) is 28.3 Å². The van der Waals surface area contributed by atoms with Crippen LogP contribution in [-0.2, 0) is 7.05 Å². The smallest absolute Gasteiger partial charge is 0.168 e. The van der Waals surface area contributed by atoms with E-state index in [1.165, 1.54) is 5.56 Å². The maximum Gasteiger partial charge on any atom is 0.168 e. The Balaban J connectivity index is 1.67. The molecule has 0 aliphatic heterocycles.